The van der Waals surface area contributed by atoms with Crippen LogP contribution >= 0.6 is 11.8 Å². The molecule has 0 unspecified atom stereocenters. The number of carbonyl (C=O) groups is 2. The molecule has 1 aromatic carbocycles. The normalized spacial score (nSPS) is 10.3. The number of rotatable bonds is 4. The summed E-state index contributed by atoms with van der Waals surface area (Å²) in [7, 11) is 0. The quantitative estimate of drug-likeness (QED) is 0.672. The molecule has 1 aromatic heterocycles. The first kappa shape index (κ1) is 16.2. The third-order valence-electron chi connectivity index (χ3n) is 3.14. The fourth-order valence-electron chi connectivity index (χ4n) is 2.04. The van der Waals surface area contributed by atoms with E-state index in [1.807, 2.05) is 44.4 Å². The van der Waals surface area contributed by atoms with E-state index >= 15 is 0 Å². The topological polar surface area (TPSA) is 71.3 Å². The van der Waals surface area contributed by atoms with Crippen molar-refractivity contribution in [2.45, 2.75) is 25.3 Å². The van der Waals surface area contributed by atoms with Crippen LogP contribution in [0.25, 0.3) is 0 Å². The van der Waals surface area contributed by atoms with Gasteiger partial charge in [-0.3, -0.25) is 9.59 Å². The number of benzene rings is 1. The van der Waals surface area contributed by atoms with E-state index in [-0.39, 0.29) is 6.54 Å². The molecule has 5 nitrogen and oxygen atoms in total. The van der Waals surface area contributed by atoms with Crippen molar-refractivity contribution in [1.29, 1.82) is 0 Å². The highest BCUT2D eigenvalue weighted by atomic mass is 32.2. The van der Waals surface area contributed by atoms with Crippen LogP contribution in [0.5, 0.6) is 0 Å². The second kappa shape index (κ2) is 7.17. The smallest absolute Gasteiger partial charge is 0.313 e. The molecule has 6 heteroatoms. The van der Waals surface area contributed by atoms with E-state index in [1.54, 1.807) is 6.07 Å². The van der Waals surface area contributed by atoms with Gasteiger partial charge >= 0.3 is 11.8 Å². The maximum absolute atomic E-state index is 11.9. The Labute approximate surface area is 133 Å². The number of hydrogen-bond donors (Lipinski definition) is 2. The highest BCUT2D eigenvalue weighted by molar-refractivity contribution is 7.98. The number of aryl methyl sites for hydroxylation is 2. The maximum Gasteiger partial charge on any atom is 0.313 e. The highest BCUT2D eigenvalue weighted by Crippen LogP contribution is 2.24. The number of nitrogens with one attached hydrogen (secondary N) is 2. The van der Waals surface area contributed by atoms with E-state index in [2.05, 4.69) is 10.6 Å². The lowest BCUT2D eigenvalue weighted by atomic mass is 10.2. The number of carbonyl (C=O) groups excluding carboxylic acids is 2. The monoisotopic (exact) mass is 318 g/mol. The fraction of sp³-hybridized carbons (Fsp3) is 0.250. The van der Waals surface area contributed by atoms with Gasteiger partial charge in [-0.25, -0.2) is 0 Å². The van der Waals surface area contributed by atoms with Gasteiger partial charge in [0.2, 0.25) is 0 Å². The molecule has 2 aromatic rings. The van der Waals surface area contributed by atoms with Gasteiger partial charge in [0.25, 0.3) is 0 Å². The lowest BCUT2D eigenvalue weighted by molar-refractivity contribution is -0.136. The first-order valence-electron chi connectivity index (χ1n) is 6.79. The van der Waals surface area contributed by atoms with E-state index in [0.29, 0.717) is 5.69 Å². The second-order valence-electron chi connectivity index (χ2n) is 4.78. The van der Waals surface area contributed by atoms with Crippen molar-refractivity contribution < 1.29 is 14.0 Å². The van der Waals surface area contributed by atoms with E-state index in [1.165, 1.54) is 11.8 Å². The lowest BCUT2D eigenvalue weighted by Crippen LogP contribution is -2.35. The van der Waals surface area contributed by atoms with Crippen LogP contribution < -0.4 is 10.6 Å². The van der Waals surface area contributed by atoms with Crippen LogP contribution in [-0.2, 0) is 16.1 Å². The zero-order chi connectivity index (χ0) is 16.1. The minimum atomic E-state index is -0.681. The van der Waals surface area contributed by atoms with Crippen molar-refractivity contribution >= 4 is 29.3 Å². The molecule has 116 valence electrons. The summed E-state index contributed by atoms with van der Waals surface area (Å²) in [4.78, 5) is 24.7. The standard InChI is InChI=1S/C16H18N2O3S/c1-10-8-12(11(2)21-10)9-17-15(19)16(20)18-13-6-4-5-7-14(13)22-3/h4-8H,9H2,1-3H3,(H,17,19)(H,18,20). The number of furan rings is 1. The number of para-hydroxylation sites is 1. The number of hydrogen-bond acceptors (Lipinski definition) is 4. The Morgan fingerprint density at radius 1 is 1.18 bits per heavy atom. The van der Waals surface area contributed by atoms with Crippen LogP contribution in [0, 0.1) is 13.8 Å². The molecule has 2 amide bonds. The van der Waals surface area contributed by atoms with Gasteiger partial charge in [-0.1, -0.05) is 12.1 Å². The second-order valence-corrected chi connectivity index (χ2v) is 5.62. The molecular formula is C16H18N2O3S. The first-order valence-corrected chi connectivity index (χ1v) is 8.02. The van der Waals surface area contributed by atoms with Crippen LogP contribution in [0.1, 0.15) is 17.1 Å². The van der Waals surface area contributed by atoms with Crippen molar-refractivity contribution in [1.82, 2.24) is 5.32 Å². The number of amides is 2. The summed E-state index contributed by atoms with van der Waals surface area (Å²) in [5.41, 5.74) is 1.49. The Morgan fingerprint density at radius 2 is 1.91 bits per heavy atom. The minimum absolute atomic E-state index is 0.263. The molecule has 0 saturated heterocycles. The highest BCUT2D eigenvalue weighted by Gasteiger charge is 2.15. The van der Waals surface area contributed by atoms with Crippen LogP contribution in [-0.4, -0.2) is 18.1 Å². The Balaban J connectivity index is 1.95. The van der Waals surface area contributed by atoms with Gasteiger partial charge in [0.05, 0.1) is 5.69 Å². The van der Waals surface area contributed by atoms with Gasteiger partial charge < -0.3 is 15.1 Å². The molecule has 0 saturated carbocycles. The molecule has 2 N–H and O–H groups in total. The van der Waals surface area contributed by atoms with Gasteiger partial charge in [0, 0.05) is 17.0 Å². The van der Waals surface area contributed by atoms with Crippen molar-refractivity contribution in [2.24, 2.45) is 0 Å². The minimum Gasteiger partial charge on any atom is -0.466 e. The molecule has 0 spiro atoms. The predicted octanol–water partition coefficient (Wildman–Crippen LogP) is 2.87. The molecule has 2 rings (SSSR count). The third kappa shape index (κ3) is 3.92. The zero-order valence-electron chi connectivity index (χ0n) is 12.7. The third-order valence-corrected chi connectivity index (χ3v) is 3.94. The largest absolute Gasteiger partial charge is 0.466 e. The molecule has 1 heterocycles. The Bertz CT molecular complexity index is 694. The summed E-state index contributed by atoms with van der Waals surface area (Å²) in [6, 6.07) is 9.18. The average Bonchev–Trinajstić information content (AvgIpc) is 2.83. The molecule has 0 radical (unpaired) electrons. The van der Waals surface area contributed by atoms with Crippen LogP contribution in [0.4, 0.5) is 5.69 Å². The molecular weight excluding hydrogens is 300 g/mol. The molecule has 22 heavy (non-hydrogen) atoms. The summed E-state index contributed by atoms with van der Waals surface area (Å²) in [6.45, 7) is 3.92. The fourth-order valence-corrected chi connectivity index (χ4v) is 2.60. The number of anilines is 1. The van der Waals surface area contributed by atoms with E-state index < -0.39 is 11.8 Å². The summed E-state index contributed by atoms with van der Waals surface area (Å²) in [5, 5.41) is 5.21. The molecule has 0 aliphatic carbocycles. The summed E-state index contributed by atoms with van der Waals surface area (Å²) in [5.74, 6) is 0.166. The first-order chi connectivity index (χ1) is 10.5. The summed E-state index contributed by atoms with van der Waals surface area (Å²) >= 11 is 1.51. The van der Waals surface area contributed by atoms with Crippen molar-refractivity contribution in [3.8, 4) is 0 Å². The lowest BCUT2D eigenvalue weighted by Gasteiger charge is -2.09. The van der Waals surface area contributed by atoms with Crippen LogP contribution in [0.15, 0.2) is 39.6 Å². The zero-order valence-corrected chi connectivity index (χ0v) is 13.5. The Hall–Kier alpha value is -2.21. The predicted molar refractivity (Wildman–Crippen MR) is 86.9 cm³/mol. The van der Waals surface area contributed by atoms with Gasteiger partial charge in [0.1, 0.15) is 11.5 Å². The van der Waals surface area contributed by atoms with Crippen molar-refractivity contribution in [3.05, 3.63) is 47.4 Å². The molecule has 0 fully saturated rings. The number of thioether (sulfide) groups is 1. The van der Waals surface area contributed by atoms with Gasteiger partial charge in [-0.15, -0.1) is 11.8 Å². The Morgan fingerprint density at radius 3 is 2.55 bits per heavy atom. The SMILES string of the molecule is CSc1ccccc1NC(=O)C(=O)NCc1cc(C)oc1C. The van der Waals surface area contributed by atoms with Gasteiger partial charge in [0.15, 0.2) is 0 Å². The van der Waals surface area contributed by atoms with Crippen molar-refractivity contribution in [2.75, 3.05) is 11.6 Å². The molecule has 0 aliphatic rings. The average molecular weight is 318 g/mol. The molecule has 0 aliphatic heterocycles. The van der Waals surface area contributed by atoms with E-state index in [9.17, 15) is 9.59 Å². The summed E-state index contributed by atoms with van der Waals surface area (Å²) in [6.07, 6.45) is 1.91. The summed E-state index contributed by atoms with van der Waals surface area (Å²) < 4.78 is 5.38. The molecule has 0 atom stereocenters. The molecule has 0 bridgehead atoms. The van der Waals surface area contributed by atoms with E-state index in [4.69, 9.17) is 4.42 Å². The van der Waals surface area contributed by atoms with Gasteiger partial charge in [-0.05, 0) is 38.3 Å². The van der Waals surface area contributed by atoms with Crippen molar-refractivity contribution in [3.63, 3.8) is 0 Å². The van der Waals surface area contributed by atoms with E-state index in [0.717, 1.165) is 22.0 Å². The van der Waals surface area contributed by atoms with Crippen LogP contribution in [0.3, 0.4) is 0 Å². The van der Waals surface area contributed by atoms with Gasteiger partial charge in [-0.2, -0.15) is 0 Å². The van der Waals surface area contributed by atoms with Crippen LogP contribution in [0.2, 0.25) is 0 Å². The Kier molecular flexibility index (Phi) is 5.27. The maximum atomic E-state index is 11.9.